The fraction of sp³-hybridized carbons (Fsp3) is 0.615. The standard InChI is InChI=1S/C25H38F2N4O3.CH2O2/c1-9-17(13-32)14-33-16-34-20(11-24(2,3)4)30-15-31(25(5,6)7)23-21(27)18(12-28)10-19(26)22(23)29-8;2-1-3/h10,17,32H,8-9,11,13-16H2,1-7H3;1H,(H,2,3)/b30-20-;. The number of halogens is 2. The van der Waals surface area contributed by atoms with E-state index >= 15 is 4.39 Å². The van der Waals surface area contributed by atoms with Crippen LogP contribution in [0.1, 0.15) is 66.9 Å². The molecule has 1 rings (SSSR count). The molecule has 0 aromatic heterocycles. The van der Waals surface area contributed by atoms with Gasteiger partial charge in [-0.2, -0.15) is 5.26 Å². The van der Waals surface area contributed by atoms with Gasteiger partial charge in [0, 0.05) is 24.5 Å². The number of hydrogen-bond donors (Lipinski definition) is 2. The minimum absolute atomic E-state index is 0.0260. The first-order chi connectivity index (χ1) is 17.2. The van der Waals surface area contributed by atoms with Crippen molar-refractivity contribution in [2.75, 3.05) is 31.6 Å². The molecule has 1 aromatic rings. The molecule has 0 saturated carbocycles. The minimum Gasteiger partial charge on any atom is -0.483 e. The van der Waals surface area contributed by atoms with Crippen molar-refractivity contribution in [3.05, 3.63) is 23.3 Å². The van der Waals surface area contributed by atoms with Crippen LogP contribution in [0.25, 0.3) is 0 Å². The number of anilines is 1. The van der Waals surface area contributed by atoms with Gasteiger partial charge in [-0.25, -0.2) is 13.8 Å². The number of rotatable bonds is 11. The van der Waals surface area contributed by atoms with Gasteiger partial charge in [-0.05, 0) is 45.4 Å². The third-order valence-electron chi connectivity index (χ3n) is 5.09. The molecule has 37 heavy (non-hydrogen) atoms. The van der Waals surface area contributed by atoms with Crippen molar-refractivity contribution in [2.24, 2.45) is 21.3 Å². The molecule has 9 nitrogen and oxygen atoms in total. The molecule has 0 aliphatic carbocycles. The van der Waals surface area contributed by atoms with Crippen molar-refractivity contribution in [3.8, 4) is 6.07 Å². The van der Waals surface area contributed by atoms with E-state index in [-0.39, 0.29) is 49.2 Å². The van der Waals surface area contributed by atoms with Gasteiger partial charge in [0.1, 0.15) is 24.1 Å². The van der Waals surface area contributed by atoms with Gasteiger partial charge in [-0.3, -0.25) is 9.79 Å². The van der Waals surface area contributed by atoms with Gasteiger partial charge in [0.15, 0.2) is 24.3 Å². The summed E-state index contributed by atoms with van der Waals surface area (Å²) < 4.78 is 41.1. The molecule has 11 heteroatoms. The predicted octanol–water partition coefficient (Wildman–Crippen LogP) is 5.28. The molecule has 0 fully saturated rings. The topological polar surface area (TPSA) is 128 Å². The fourth-order valence-electron chi connectivity index (χ4n) is 3.08. The van der Waals surface area contributed by atoms with Gasteiger partial charge < -0.3 is 24.6 Å². The Balaban J connectivity index is 0.00000410. The lowest BCUT2D eigenvalue weighted by atomic mass is 9.92. The number of benzene rings is 1. The second kappa shape index (κ2) is 15.9. The number of aliphatic hydroxyl groups excluding tert-OH is 1. The summed E-state index contributed by atoms with van der Waals surface area (Å²) in [6.45, 7) is 16.9. The molecular weight excluding hydrogens is 486 g/mol. The van der Waals surface area contributed by atoms with Crippen LogP contribution in [-0.2, 0) is 14.3 Å². The summed E-state index contributed by atoms with van der Waals surface area (Å²) in [5, 5.41) is 25.4. The van der Waals surface area contributed by atoms with Crippen LogP contribution < -0.4 is 4.90 Å². The van der Waals surface area contributed by atoms with Crippen molar-refractivity contribution in [1.29, 1.82) is 5.26 Å². The molecule has 1 atom stereocenters. The Labute approximate surface area is 218 Å². The third kappa shape index (κ3) is 11.7. The van der Waals surface area contributed by atoms with Crippen LogP contribution in [-0.4, -0.2) is 61.5 Å². The second-order valence-electron chi connectivity index (χ2n) is 10.4. The maximum atomic E-state index is 15.2. The number of nitriles is 1. The number of aliphatic hydroxyl groups is 1. The van der Waals surface area contributed by atoms with Crippen LogP contribution in [0.15, 0.2) is 16.1 Å². The highest BCUT2D eigenvalue weighted by Crippen LogP contribution is 2.39. The average molecular weight is 527 g/mol. The van der Waals surface area contributed by atoms with Gasteiger partial charge in [-0.15, -0.1) is 0 Å². The van der Waals surface area contributed by atoms with E-state index in [9.17, 15) is 14.8 Å². The van der Waals surface area contributed by atoms with Crippen molar-refractivity contribution in [1.82, 2.24) is 0 Å². The largest absolute Gasteiger partial charge is 0.483 e. The van der Waals surface area contributed by atoms with Crippen LogP contribution in [0.3, 0.4) is 0 Å². The predicted molar refractivity (Wildman–Crippen MR) is 140 cm³/mol. The molecule has 0 radical (unpaired) electrons. The number of carboxylic acid groups (broad SMARTS) is 1. The van der Waals surface area contributed by atoms with Crippen molar-refractivity contribution < 1.29 is 33.3 Å². The Hall–Kier alpha value is -3.10. The molecule has 0 amide bonds. The third-order valence-corrected chi connectivity index (χ3v) is 5.09. The quantitative estimate of drug-likeness (QED) is 0.132. The van der Waals surface area contributed by atoms with E-state index in [0.717, 1.165) is 12.5 Å². The Morgan fingerprint density at radius 3 is 2.32 bits per heavy atom. The van der Waals surface area contributed by atoms with Crippen molar-refractivity contribution >= 4 is 30.5 Å². The van der Waals surface area contributed by atoms with E-state index in [0.29, 0.717) is 18.9 Å². The van der Waals surface area contributed by atoms with Crippen molar-refractivity contribution in [2.45, 2.75) is 66.8 Å². The highest BCUT2D eigenvalue weighted by atomic mass is 19.1. The number of aliphatic imine (C=N–C) groups is 2. The Morgan fingerprint density at radius 1 is 1.30 bits per heavy atom. The summed E-state index contributed by atoms with van der Waals surface area (Å²) >= 11 is 0. The molecule has 0 aliphatic heterocycles. The second-order valence-corrected chi connectivity index (χ2v) is 10.4. The number of nitrogens with zero attached hydrogens (tertiary/aromatic N) is 4. The Morgan fingerprint density at radius 2 is 1.89 bits per heavy atom. The lowest BCUT2D eigenvalue weighted by Gasteiger charge is -2.37. The van der Waals surface area contributed by atoms with E-state index in [4.69, 9.17) is 19.4 Å². The summed E-state index contributed by atoms with van der Waals surface area (Å²) in [5.41, 5.74) is -1.75. The first kappa shape index (κ1) is 33.9. The SMILES string of the molecule is C=Nc1c(F)cc(C#N)c(F)c1N(C/N=C(/CC(C)(C)C)OCOCC(CC)CO)C(C)(C)C.O=CO. The highest BCUT2D eigenvalue weighted by molar-refractivity contribution is 5.78. The maximum Gasteiger partial charge on any atom is 0.290 e. The van der Waals surface area contributed by atoms with Crippen LogP contribution >= 0.6 is 0 Å². The van der Waals surface area contributed by atoms with E-state index in [1.807, 2.05) is 48.5 Å². The first-order valence-electron chi connectivity index (χ1n) is 11.8. The van der Waals surface area contributed by atoms with Gasteiger partial charge in [0.2, 0.25) is 0 Å². The average Bonchev–Trinajstić information content (AvgIpc) is 2.79. The van der Waals surface area contributed by atoms with Crippen LogP contribution in [0, 0.1) is 34.3 Å². The van der Waals surface area contributed by atoms with E-state index in [1.54, 1.807) is 6.07 Å². The maximum absolute atomic E-state index is 15.2. The normalized spacial score (nSPS) is 12.6. The lowest BCUT2D eigenvalue weighted by Crippen LogP contribution is -2.43. The zero-order chi connectivity index (χ0) is 28.8. The molecule has 0 spiro atoms. The molecule has 1 aromatic carbocycles. The molecule has 0 saturated heterocycles. The zero-order valence-corrected chi connectivity index (χ0v) is 22.8. The minimum atomic E-state index is -0.882. The fourth-order valence-corrected chi connectivity index (χ4v) is 3.08. The number of hydrogen-bond acceptors (Lipinski definition) is 8. The summed E-state index contributed by atoms with van der Waals surface area (Å²) in [6, 6.07) is 2.50. The van der Waals surface area contributed by atoms with Gasteiger partial charge in [-0.1, -0.05) is 27.7 Å². The van der Waals surface area contributed by atoms with E-state index in [2.05, 4.69) is 16.7 Å². The highest BCUT2D eigenvalue weighted by Gasteiger charge is 2.30. The smallest absolute Gasteiger partial charge is 0.290 e. The monoisotopic (exact) mass is 526 g/mol. The molecule has 0 heterocycles. The molecule has 2 N–H and O–H groups in total. The summed E-state index contributed by atoms with van der Waals surface area (Å²) in [4.78, 5) is 18.1. The Kier molecular flexibility index (Phi) is 14.6. The summed E-state index contributed by atoms with van der Waals surface area (Å²) in [5.74, 6) is -1.30. The zero-order valence-electron chi connectivity index (χ0n) is 22.8. The van der Waals surface area contributed by atoms with Gasteiger partial charge in [0.25, 0.3) is 6.47 Å². The summed E-state index contributed by atoms with van der Waals surface area (Å²) in [7, 11) is 0. The Bertz CT molecular complexity index is 946. The van der Waals surface area contributed by atoms with Crippen molar-refractivity contribution in [3.63, 3.8) is 0 Å². The molecule has 0 bridgehead atoms. The molecular formula is C26H40F2N4O5. The van der Waals surface area contributed by atoms with Crippen LogP contribution in [0.2, 0.25) is 0 Å². The molecule has 0 aliphatic rings. The van der Waals surface area contributed by atoms with Gasteiger partial charge in [0.05, 0.1) is 12.2 Å². The molecule has 208 valence electrons. The van der Waals surface area contributed by atoms with Crippen LogP contribution in [0.5, 0.6) is 0 Å². The number of ether oxygens (including phenoxy) is 2. The summed E-state index contributed by atoms with van der Waals surface area (Å²) in [6.07, 6.45) is 1.26. The van der Waals surface area contributed by atoms with E-state index < -0.39 is 22.7 Å². The van der Waals surface area contributed by atoms with Crippen LogP contribution in [0.4, 0.5) is 20.2 Å². The lowest BCUT2D eigenvalue weighted by molar-refractivity contribution is -0.122. The van der Waals surface area contributed by atoms with E-state index in [1.165, 1.54) is 4.90 Å². The number of carbonyl (C=O) groups is 1. The first-order valence-corrected chi connectivity index (χ1v) is 11.8. The van der Waals surface area contributed by atoms with Gasteiger partial charge >= 0.3 is 0 Å². The molecule has 1 unspecified atom stereocenters.